The fourth-order valence-electron chi connectivity index (χ4n) is 6.73. The summed E-state index contributed by atoms with van der Waals surface area (Å²) in [6.45, 7) is 7.77. The molecular formula is C32H40N6O6. The molecule has 3 fully saturated rings. The van der Waals surface area contributed by atoms with Crippen molar-refractivity contribution in [3.63, 3.8) is 0 Å². The van der Waals surface area contributed by atoms with E-state index < -0.39 is 23.6 Å². The van der Waals surface area contributed by atoms with Gasteiger partial charge in [-0.3, -0.25) is 29.4 Å². The van der Waals surface area contributed by atoms with Crippen LogP contribution in [-0.4, -0.2) is 57.3 Å². The van der Waals surface area contributed by atoms with Crippen molar-refractivity contribution in [1.29, 1.82) is 0 Å². The fraction of sp³-hybridized carbons (Fsp3) is 0.531. The van der Waals surface area contributed by atoms with Crippen LogP contribution >= 0.6 is 0 Å². The zero-order valence-electron chi connectivity index (χ0n) is 25.7. The average Bonchev–Trinajstić information content (AvgIpc) is 3.23. The fourth-order valence-corrected chi connectivity index (χ4v) is 6.73. The standard InChI is InChI=1S/C32H40N6O6/c1-31(2,3)44-29(41)34-25-10-8-20(18-33-25)24-12-13-32(19-43-24)14-16-37(17-15-32)21-6-5-7-22-27(21)36(4)30(42)38(22)23-9-11-26(39)35-28(23)40/h5-8,10,18,23-24H,9,11-17,19H2,1-4H3,(H,33,34,41)(H,35,39,40)/t23?,24-/m1/s1. The molecule has 234 valence electrons. The lowest BCUT2D eigenvalue weighted by Crippen LogP contribution is -2.44. The first kappa shape index (κ1) is 29.9. The first-order valence-electron chi connectivity index (χ1n) is 15.3. The van der Waals surface area contributed by atoms with Gasteiger partial charge in [-0.25, -0.2) is 14.6 Å². The number of para-hydroxylation sites is 1. The molecule has 1 spiro atoms. The van der Waals surface area contributed by atoms with E-state index in [0.29, 0.717) is 24.4 Å². The van der Waals surface area contributed by atoms with Gasteiger partial charge in [0.1, 0.15) is 17.5 Å². The Morgan fingerprint density at radius 3 is 2.50 bits per heavy atom. The van der Waals surface area contributed by atoms with Crippen LogP contribution in [-0.2, 0) is 26.1 Å². The van der Waals surface area contributed by atoms with E-state index in [1.807, 2.05) is 45.0 Å². The third-order valence-electron chi connectivity index (χ3n) is 9.08. The van der Waals surface area contributed by atoms with Crippen molar-refractivity contribution in [2.45, 2.75) is 77.0 Å². The second kappa shape index (κ2) is 11.4. The summed E-state index contributed by atoms with van der Waals surface area (Å²) < 4.78 is 14.8. The number of pyridine rings is 1. The predicted octanol–water partition coefficient (Wildman–Crippen LogP) is 4.20. The van der Waals surface area contributed by atoms with Gasteiger partial charge in [0.25, 0.3) is 0 Å². The predicted molar refractivity (Wildman–Crippen MR) is 165 cm³/mol. The van der Waals surface area contributed by atoms with Gasteiger partial charge in [-0.2, -0.15) is 0 Å². The van der Waals surface area contributed by atoms with Crippen LogP contribution in [0.5, 0.6) is 0 Å². The Morgan fingerprint density at radius 2 is 1.86 bits per heavy atom. The lowest BCUT2D eigenvalue weighted by atomic mass is 9.73. The summed E-state index contributed by atoms with van der Waals surface area (Å²) in [4.78, 5) is 56.4. The highest BCUT2D eigenvalue weighted by Crippen LogP contribution is 2.45. The summed E-state index contributed by atoms with van der Waals surface area (Å²) in [5.74, 6) is -0.300. The molecule has 12 nitrogen and oxygen atoms in total. The van der Waals surface area contributed by atoms with Crippen molar-refractivity contribution in [2.24, 2.45) is 12.5 Å². The molecule has 3 amide bonds. The number of piperidine rings is 2. The van der Waals surface area contributed by atoms with Crippen molar-refractivity contribution in [3.8, 4) is 0 Å². The number of nitrogens with one attached hydrogen (secondary N) is 2. The number of carbonyl (C=O) groups excluding carboxylic acids is 3. The molecule has 1 aromatic carbocycles. The number of nitrogens with zero attached hydrogens (tertiary/aromatic N) is 4. The molecule has 12 heteroatoms. The van der Waals surface area contributed by atoms with Crippen LogP contribution in [0.25, 0.3) is 11.0 Å². The molecule has 2 N–H and O–H groups in total. The zero-order valence-corrected chi connectivity index (χ0v) is 25.7. The van der Waals surface area contributed by atoms with Gasteiger partial charge in [0.2, 0.25) is 11.8 Å². The van der Waals surface area contributed by atoms with Gasteiger partial charge in [0.15, 0.2) is 0 Å². The Balaban J connectivity index is 1.10. The molecule has 6 rings (SSSR count). The minimum atomic E-state index is -0.705. The van der Waals surface area contributed by atoms with Gasteiger partial charge < -0.3 is 14.4 Å². The van der Waals surface area contributed by atoms with E-state index in [-0.39, 0.29) is 29.5 Å². The maximum absolute atomic E-state index is 13.4. The first-order valence-corrected chi connectivity index (χ1v) is 15.3. The lowest BCUT2D eigenvalue weighted by Gasteiger charge is -2.46. The number of benzene rings is 1. The number of fused-ring (bicyclic) bond motifs is 1. The summed E-state index contributed by atoms with van der Waals surface area (Å²) in [5.41, 5.74) is 2.72. The van der Waals surface area contributed by atoms with Crippen LogP contribution < -0.4 is 21.2 Å². The molecule has 2 aromatic heterocycles. The van der Waals surface area contributed by atoms with Gasteiger partial charge in [-0.1, -0.05) is 12.1 Å². The highest BCUT2D eigenvalue weighted by molar-refractivity contribution is 6.00. The molecular weight excluding hydrogens is 564 g/mol. The summed E-state index contributed by atoms with van der Waals surface area (Å²) in [6, 6.07) is 8.85. The monoisotopic (exact) mass is 604 g/mol. The Hall–Kier alpha value is -4.19. The number of aryl methyl sites for hydroxylation is 1. The Labute approximate surface area is 255 Å². The maximum atomic E-state index is 13.4. The van der Waals surface area contributed by atoms with Gasteiger partial charge in [0, 0.05) is 32.8 Å². The quantitative estimate of drug-likeness (QED) is 0.423. The highest BCUT2D eigenvalue weighted by atomic mass is 16.6. The van der Waals surface area contributed by atoms with Gasteiger partial charge in [-0.15, -0.1) is 0 Å². The normalized spacial score (nSPS) is 22.2. The maximum Gasteiger partial charge on any atom is 0.413 e. The number of rotatable bonds is 4. The number of carbonyl (C=O) groups is 3. The Bertz CT molecular complexity index is 1630. The van der Waals surface area contributed by atoms with Gasteiger partial charge >= 0.3 is 11.8 Å². The third-order valence-corrected chi connectivity index (χ3v) is 9.08. The third kappa shape index (κ3) is 5.82. The average molecular weight is 605 g/mol. The molecule has 0 bridgehead atoms. The summed E-state index contributed by atoms with van der Waals surface area (Å²) in [6.07, 6.45) is 5.56. The van der Waals surface area contributed by atoms with Crippen LogP contribution in [0.1, 0.15) is 77.0 Å². The van der Waals surface area contributed by atoms with E-state index >= 15 is 0 Å². The van der Waals surface area contributed by atoms with E-state index in [2.05, 4.69) is 20.5 Å². The molecule has 3 saturated heterocycles. The van der Waals surface area contributed by atoms with Crippen molar-refractivity contribution in [1.82, 2.24) is 19.4 Å². The van der Waals surface area contributed by atoms with Crippen LogP contribution in [0.2, 0.25) is 0 Å². The number of hydrogen-bond acceptors (Lipinski definition) is 8. The Kier molecular flexibility index (Phi) is 7.73. The molecule has 44 heavy (non-hydrogen) atoms. The molecule has 0 saturated carbocycles. The molecule has 3 aromatic rings. The molecule has 3 aliphatic heterocycles. The summed E-state index contributed by atoms with van der Waals surface area (Å²) in [5, 5.41) is 5.04. The van der Waals surface area contributed by atoms with Crippen LogP contribution in [0.15, 0.2) is 41.3 Å². The topological polar surface area (TPSA) is 137 Å². The number of hydrogen-bond donors (Lipinski definition) is 2. The lowest BCUT2D eigenvalue weighted by molar-refractivity contribution is -0.135. The van der Waals surface area contributed by atoms with Crippen molar-refractivity contribution >= 4 is 40.4 Å². The molecule has 2 atom stereocenters. The molecule has 3 aliphatic rings. The van der Waals surface area contributed by atoms with Gasteiger partial charge in [0.05, 0.1) is 29.4 Å². The second-order valence-corrected chi connectivity index (χ2v) is 13.3. The summed E-state index contributed by atoms with van der Waals surface area (Å²) in [7, 11) is 1.74. The summed E-state index contributed by atoms with van der Waals surface area (Å²) >= 11 is 0. The SMILES string of the molecule is Cn1c(=O)n(C2CCC(=O)NC2=O)c2cccc(N3CCC4(CC[C@H](c5ccc(NC(=O)OC(C)(C)C)nc5)OC4)CC3)c21. The first-order chi connectivity index (χ1) is 20.9. The van der Waals surface area contributed by atoms with E-state index in [4.69, 9.17) is 9.47 Å². The minimum absolute atomic E-state index is 0.0444. The van der Waals surface area contributed by atoms with Crippen LogP contribution in [0, 0.1) is 5.41 Å². The molecule has 1 unspecified atom stereocenters. The minimum Gasteiger partial charge on any atom is -0.444 e. The number of aromatic nitrogens is 3. The van der Waals surface area contributed by atoms with Crippen LogP contribution in [0.4, 0.5) is 16.3 Å². The van der Waals surface area contributed by atoms with E-state index in [9.17, 15) is 19.2 Å². The van der Waals surface area contributed by atoms with Crippen molar-refractivity contribution in [2.75, 3.05) is 29.9 Å². The van der Waals surface area contributed by atoms with E-state index in [1.54, 1.807) is 23.9 Å². The smallest absolute Gasteiger partial charge is 0.413 e. The number of imide groups is 1. The Morgan fingerprint density at radius 1 is 1.09 bits per heavy atom. The van der Waals surface area contributed by atoms with Crippen molar-refractivity contribution in [3.05, 3.63) is 52.6 Å². The number of imidazole rings is 1. The zero-order chi connectivity index (χ0) is 31.2. The number of amides is 3. The molecule has 0 radical (unpaired) electrons. The van der Waals surface area contributed by atoms with Crippen LogP contribution in [0.3, 0.4) is 0 Å². The number of ether oxygens (including phenoxy) is 2. The second-order valence-electron chi connectivity index (χ2n) is 13.3. The number of anilines is 2. The highest BCUT2D eigenvalue weighted by Gasteiger charge is 2.40. The largest absolute Gasteiger partial charge is 0.444 e. The van der Waals surface area contributed by atoms with Crippen molar-refractivity contribution < 1.29 is 23.9 Å². The molecule has 0 aliphatic carbocycles. The van der Waals surface area contributed by atoms with E-state index in [0.717, 1.165) is 55.5 Å². The molecule has 5 heterocycles. The van der Waals surface area contributed by atoms with E-state index in [1.165, 1.54) is 4.57 Å². The van der Waals surface area contributed by atoms with Gasteiger partial charge in [-0.05, 0) is 82.1 Å².